The Morgan fingerprint density at radius 2 is 1.93 bits per heavy atom. The van der Waals surface area contributed by atoms with E-state index in [1.807, 2.05) is 0 Å². The molecule has 0 bridgehead atoms. The van der Waals surface area contributed by atoms with Crippen LogP contribution in [-0.2, 0) is 6.18 Å². The Kier molecular flexibility index (Phi) is 3.02. The summed E-state index contributed by atoms with van der Waals surface area (Å²) in [5, 5.41) is 2.18. The third kappa shape index (κ3) is 2.29. The highest BCUT2D eigenvalue weighted by Gasteiger charge is 2.36. The predicted octanol–water partition coefficient (Wildman–Crippen LogP) is 2.37. The van der Waals surface area contributed by atoms with Crippen LogP contribution in [-0.4, -0.2) is 13.0 Å². The van der Waals surface area contributed by atoms with E-state index < -0.39 is 17.6 Å². The number of nitrogens with one attached hydrogen (secondary N) is 1. The minimum atomic E-state index is -4.51. The average molecular weight is 217 g/mol. The van der Waals surface area contributed by atoms with E-state index in [-0.39, 0.29) is 11.1 Å². The quantitative estimate of drug-likeness (QED) is 0.768. The fraction of sp³-hybridized carbons (Fsp3) is 0.300. The molecule has 1 rings (SSSR count). The monoisotopic (exact) mass is 217 g/mol. The van der Waals surface area contributed by atoms with Crippen LogP contribution in [0.2, 0.25) is 0 Å². The molecule has 1 amide bonds. The van der Waals surface area contributed by atoms with Gasteiger partial charge in [-0.3, -0.25) is 4.79 Å². The van der Waals surface area contributed by atoms with Crippen LogP contribution >= 0.6 is 0 Å². The van der Waals surface area contributed by atoms with Gasteiger partial charge in [0.05, 0.1) is 11.1 Å². The van der Waals surface area contributed by atoms with E-state index in [1.54, 1.807) is 0 Å². The lowest BCUT2D eigenvalue weighted by Crippen LogP contribution is -2.23. The fourth-order valence-corrected chi connectivity index (χ4v) is 1.37. The summed E-state index contributed by atoms with van der Waals surface area (Å²) in [7, 11) is 1.30. The molecule has 2 nitrogen and oxygen atoms in total. The highest BCUT2D eigenvalue weighted by atomic mass is 19.4. The highest BCUT2D eigenvalue weighted by Crippen LogP contribution is 2.34. The van der Waals surface area contributed by atoms with Crippen molar-refractivity contribution in [3.05, 3.63) is 34.9 Å². The second-order valence-electron chi connectivity index (χ2n) is 3.07. The van der Waals surface area contributed by atoms with Crippen LogP contribution in [0.3, 0.4) is 0 Å². The largest absolute Gasteiger partial charge is 0.417 e. The van der Waals surface area contributed by atoms with Crippen LogP contribution in [0, 0.1) is 6.92 Å². The molecule has 1 aromatic carbocycles. The summed E-state index contributed by atoms with van der Waals surface area (Å²) in [6, 6.07) is 3.92. The maximum Gasteiger partial charge on any atom is 0.417 e. The molecule has 0 aliphatic carbocycles. The number of hydrogen-bond acceptors (Lipinski definition) is 1. The number of alkyl halides is 3. The van der Waals surface area contributed by atoms with Crippen molar-refractivity contribution >= 4 is 5.91 Å². The first-order valence-electron chi connectivity index (χ1n) is 4.27. The zero-order valence-corrected chi connectivity index (χ0v) is 8.27. The third-order valence-corrected chi connectivity index (χ3v) is 2.03. The van der Waals surface area contributed by atoms with Gasteiger partial charge in [-0.25, -0.2) is 0 Å². The number of benzene rings is 1. The molecular formula is C10H10F3NO. The molecule has 0 saturated heterocycles. The number of aryl methyl sites for hydroxylation is 1. The van der Waals surface area contributed by atoms with Gasteiger partial charge in [0.2, 0.25) is 0 Å². The van der Waals surface area contributed by atoms with Gasteiger partial charge >= 0.3 is 6.18 Å². The lowest BCUT2D eigenvalue weighted by molar-refractivity contribution is -0.138. The molecule has 0 aliphatic rings. The summed E-state index contributed by atoms with van der Waals surface area (Å²) in [5.74, 6) is -0.731. The summed E-state index contributed by atoms with van der Waals surface area (Å²) < 4.78 is 37.9. The first-order chi connectivity index (χ1) is 6.88. The van der Waals surface area contributed by atoms with Gasteiger partial charge in [-0.1, -0.05) is 12.1 Å². The Balaban J connectivity index is 3.40. The van der Waals surface area contributed by atoms with Gasteiger partial charge in [-0.15, -0.1) is 0 Å². The van der Waals surface area contributed by atoms with Gasteiger partial charge < -0.3 is 5.32 Å². The Morgan fingerprint density at radius 1 is 1.33 bits per heavy atom. The maximum absolute atomic E-state index is 12.6. The number of halogens is 3. The maximum atomic E-state index is 12.6. The van der Waals surface area contributed by atoms with Crippen molar-refractivity contribution < 1.29 is 18.0 Å². The highest BCUT2D eigenvalue weighted by molar-refractivity contribution is 5.96. The van der Waals surface area contributed by atoms with Crippen molar-refractivity contribution in [2.75, 3.05) is 7.05 Å². The zero-order chi connectivity index (χ0) is 11.6. The third-order valence-electron chi connectivity index (χ3n) is 2.03. The Labute approximate surface area is 85.1 Å². The van der Waals surface area contributed by atoms with Crippen molar-refractivity contribution in [2.24, 2.45) is 0 Å². The van der Waals surface area contributed by atoms with Crippen molar-refractivity contribution in [1.82, 2.24) is 5.32 Å². The number of carbonyl (C=O) groups excluding carboxylic acids is 1. The van der Waals surface area contributed by atoms with Crippen molar-refractivity contribution in [2.45, 2.75) is 13.1 Å². The smallest absolute Gasteiger partial charge is 0.355 e. The molecule has 0 saturated carbocycles. The van der Waals surface area contributed by atoms with E-state index in [0.717, 1.165) is 6.07 Å². The second-order valence-corrected chi connectivity index (χ2v) is 3.07. The Morgan fingerprint density at radius 3 is 2.40 bits per heavy atom. The van der Waals surface area contributed by atoms with Gasteiger partial charge in [-0.2, -0.15) is 13.2 Å². The Bertz CT molecular complexity index is 385. The van der Waals surface area contributed by atoms with Crippen molar-refractivity contribution in [3.63, 3.8) is 0 Å². The van der Waals surface area contributed by atoms with Gasteiger partial charge in [0, 0.05) is 7.05 Å². The predicted molar refractivity (Wildman–Crippen MR) is 49.6 cm³/mol. The minimum absolute atomic E-state index is 0.0450. The molecule has 15 heavy (non-hydrogen) atoms. The normalized spacial score (nSPS) is 11.3. The van der Waals surface area contributed by atoms with Gasteiger partial charge in [0.15, 0.2) is 0 Å². The van der Waals surface area contributed by atoms with E-state index in [9.17, 15) is 18.0 Å². The zero-order valence-electron chi connectivity index (χ0n) is 8.27. The summed E-state index contributed by atoms with van der Waals surface area (Å²) >= 11 is 0. The van der Waals surface area contributed by atoms with Crippen LogP contribution in [0.1, 0.15) is 21.5 Å². The summed E-state index contributed by atoms with van der Waals surface area (Å²) in [4.78, 5) is 11.2. The average Bonchev–Trinajstić information content (AvgIpc) is 2.14. The van der Waals surface area contributed by atoms with Crippen LogP contribution in [0.5, 0.6) is 0 Å². The molecule has 0 radical (unpaired) electrons. The molecule has 1 N–H and O–H groups in total. The number of amides is 1. The lowest BCUT2D eigenvalue weighted by Gasteiger charge is -2.14. The van der Waals surface area contributed by atoms with Crippen LogP contribution in [0.25, 0.3) is 0 Å². The molecule has 1 aromatic rings. The van der Waals surface area contributed by atoms with Gasteiger partial charge in [0.1, 0.15) is 0 Å². The molecule has 0 aliphatic heterocycles. The molecule has 82 valence electrons. The van der Waals surface area contributed by atoms with E-state index in [4.69, 9.17) is 0 Å². The van der Waals surface area contributed by atoms with Crippen LogP contribution < -0.4 is 5.32 Å². The minimum Gasteiger partial charge on any atom is -0.355 e. The first-order valence-corrected chi connectivity index (χ1v) is 4.27. The summed E-state index contributed by atoms with van der Waals surface area (Å²) in [6.07, 6.45) is -4.51. The molecular weight excluding hydrogens is 207 g/mol. The number of rotatable bonds is 1. The molecule has 0 aromatic heterocycles. The SMILES string of the molecule is CNC(=O)c1cccc(C)c1C(F)(F)F. The molecule has 0 fully saturated rings. The van der Waals surface area contributed by atoms with Gasteiger partial charge in [-0.05, 0) is 18.6 Å². The molecule has 0 atom stereocenters. The van der Waals surface area contributed by atoms with E-state index >= 15 is 0 Å². The standard InChI is InChI=1S/C10H10F3NO/c1-6-4-3-5-7(9(15)14-2)8(6)10(11,12)13/h3-5H,1-2H3,(H,14,15). The van der Waals surface area contributed by atoms with Crippen LogP contribution in [0.15, 0.2) is 18.2 Å². The lowest BCUT2D eigenvalue weighted by atomic mass is 10.0. The topological polar surface area (TPSA) is 29.1 Å². The van der Waals surface area contributed by atoms with E-state index in [0.29, 0.717) is 0 Å². The number of carbonyl (C=O) groups is 1. The fourth-order valence-electron chi connectivity index (χ4n) is 1.37. The molecule has 0 unspecified atom stereocenters. The first kappa shape index (κ1) is 11.6. The second kappa shape index (κ2) is 3.92. The molecule has 0 heterocycles. The number of hydrogen-bond donors (Lipinski definition) is 1. The summed E-state index contributed by atoms with van der Waals surface area (Å²) in [6.45, 7) is 1.33. The van der Waals surface area contributed by atoms with Crippen molar-refractivity contribution in [3.8, 4) is 0 Å². The van der Waals surface area contributed by atoms with E-state index in [2.05, 4.69) is 5.32 Å². The molecule has 0 spiro atoms. The summed E-state index contributed by atoms with van der Waals surface area (Å²) in [5.41, 5.74) is -1.17. The molecule has 5 heteroatoms. The van der Waals surface area contributed by atoms with Crippen LogP contribution in [0.4, 0.5) is 13.2 Å². The van der Waals surface area contributed by atoms with Crippen molar-refractivity contribution in [1.29, 1.82) is 0 Å². The van der Waals surface area contributed by atoms with E-state index in [1.165, 1.54) is 26.1 Å². The Hall–Kier alpha value is -1.52. The van der Waals surface area contributed by atoms with Gasteiger partial charge in [0.25, 0.3) is 5.91 Å².